The average molecular weight is 402 g/mol. The van der Waals surface area contributed by atoms with Crippen molar-refractivity contribution in [2.24, 2.45) is 0 Å². The van der Waals surface area contributed by atoms with Gasteiger partial charge in [-0.1, -0.05) is 11.3 Å². The molecule has 1 saturated heterocycles. The maximum Gasteiger partial charge on any atom is 0.347 e. The lowest BCUT2D eigenvalue weighted by molar-refractivity contribution is 0.0251. The third-order valence-corrected chi connectivity index (χ3v) is 5.61. The molecule has 1 aliphatic rings. The molecule has 8 nitrogen and oxygen atoms in total. The zero-order valence-corrected chi connectivity index (χ0v) is 15.5. The van der Waals surface area contributed by atoms with Gasteiger partial charge in [-0.25, -0.2) is 18.6 Å². The molecule has 3 unspecified atom stereocenters. The number of aromatic amines is 1. The minimum Gasteiger partial charge on any atom is -0.477 e. The molecule has 3 rings (SSSR count). The molecule has 0 aliphatic carbocycles. The van der Waals surface area contributed by atoms with Crippen molar-refractivity contribution in [2.75, 3.05) is 25.1 Å². The number of rotatable bonds is 6. The second-order valence-corrected chi connectivity index (χ2v) is 7.30. The van der Waals surface area contributed by atoms with Gasteiger partial charge in [0.25, 0.3) is 0 Å². The Morgan fingerprint density at radius 1 is 1.52 bits per heavy atom. The highest BCUT2D eigenvalue weighted by atomic mass is 32.1. The molecule has 1 aliphatic heterocycles. The Hall–Kier alpha value is -2.08. The molecule has 0 saturated carbocycles. The largest absolute Gasteiger partial charge is 0.477 e. The van der Waals surface area contributed by atoms with Crippen molar-refractivity contribution in [1.29, 1.82) is 0 Å². The lowest BCUT2D eigenvalue weighted by Gasteiger charge is -2.38. The fourth-order valence-electron chi connectivity index (χ4n) is 3.10. The van der Waals surface area contributed by atoms with Crippen LogP contribution in [-0.4, -0.2) is 58.5 Å². The Balaban J connectivity index is 1.67. The molecule has 0 bridgehead atoms. The number of methoxy groups -OCH3 is 1. The van der Waals surface area contributed by atoms with E-state index in [1.54, 1.807) is 0 Å². The summed E-state index contributed by atoms with van der Waals surface area (Å²) in [5.41, 5.74) is -0.243. The average Bonchev–Trinajstić information content (AvgIpc) is 3.23. The van der Waals surface area contributed by atoms with E-state index < -0.39 is 23.8 Å². The number of aliphatic hydroxyl groups excluding tert-OH is 1. The number of carboxylic acids is 1. The normalized spacial score (nSPS) is 21.4. The number of H-pyrrole nitrogens is 1. The summed E-state index contributed by atoms with van der Waals surface area (Å²) in [5.74, 6) is -3.15. The Labute approximate surface area is 157 Å². The van der Waals surface area contributed by atoms with Gasteiger partial charge in [-0.05, 0) is 13.3 Å². The first-order valence-corrected chi connectivity index (χ1v) is 9.07. The highest BCUT2D eigenvalue weighted by Crippen LogP contribution is 2.28. The van der Waals surface area contributed by atoms with Crippen LogP contribution in [0.25, 0.3) is 0 Å². The molecule has 2 aromatic rings. The van der Waals surface area contributed by atoms with E-state index in [-0.39, 0.29) is 28.4 Å². The van der Waals surface area contributed by atoms with Crippen molar-refractivity contribution in [3.05, 3.63) is 34.1 Å². The number of hydrogen-bond acceptors (Lipinski definition) is 7. The topological polar surface area (TPSA) is 111 Å². The van der Waals surface area contributed by atoms with Crippen LogP contribution in [0.3, 0.4) is 0 Å². The molecule has 4 N–H and O–H groups in total. The van der Waals surface area contributed by atoms with Gasteiger partial charge in [0.15, 0.2) is 16.8 Å². The molecular weight excluding hydrogens is 382 g/mol. The Bertz CT molecular complexity index is 827. The first-order chi connectivity index (χ1) is 12.8. The lowest BCUT2D eigenvalue weighted by atomic mass is 10.0. The van der Waals surface area contributed by atoms with E-state index in [1.165, 1.54) is 20.2 Å². The number of anilines is 1. The molecule has 0 radical (unpaired) electrons. The number of aryl methyl sites for hydroxylation is 1. The molecule has 27 heavy (non-hydrogen) atoms. The quantitative estimate of drug-likeness (QED) is 0.544. The molecule has 0 aromatic carbocycles. The van der Waals surface area contributed by atoms with Crippen LogP contribution in [0.15, 0.2) is 6.20 Å². The minimum atomic E-state index is -1.42. The summed E-state index contributed by atoms with van der Waals surface area (Å²) in [6, 6.07) is -0.314. The van der Waals surface area contributed by atoms with E-state index in [9.17, 15) is 18.7 Å². The van der Waals surface area contributed by atoms with E-state index in [4.69, 9.17) is 9.84 Å². The third-order valence-electron chi connectivity index (χ3n) is 4.56. The fraction of sp³-hybridized carbons (Fsp3) is 0.500. The number of carboxylic acid groups (broad SMARTS) is 1. The number of halogens is 2. The van der Waals surface area contributed by atoms with Gasteiger partial charge in [0.1, 0.15) is 11.1 Å². The molecule has 11 heteroatoms. The fourth-order valence-corrected chi connectivity index (χ4v) is 3.89. The number of hydrogen-bond donors (Lipinski definition) is 4. The summed E-state index contributed by atoms with van der Waals surface area (Å²) in [5, 5.41) is 22.7. The Kier molecular flexibility index (Phi) is 5.75. The predicted octanol–water partition coefficient (Wildman–Crippen LogP) is 1.63. The highest BCUT2D eigenvalue weighted by molar-refractivity contribution is 7.17. The van der Waals surface area contributed by atoms with Gasteiger partial charge in [-0.15, -0.1) is 0 Å². The van der Waals surface area contributed by atoms with Crippen molar-refractivity contribution < 1.29 is 28.5 Å². The van der Waals surface area contributed by atoms with Crippen molar-refractivity contribution in [1.82, 2.24) is 15.3 Å². The van der Waals surface area contributed by atoms with E-state index in [1.807, 2.05) is 4.90 Å². The zero-order valence-electron chi connectivity index (χ0n) is 14.7. The number of nitrogens with one attached hydrogen (secondary N) is 2. The SMILES string of the molecule is COC1CN(c2ncc(C(=O)O)s2)CCC1NC(O)c1[nH]c(C)c(F)c1F. The van der Waals surface area contributed by atoms with E-state index in [2.05, 4.69) is 15.3 Å². The van der Waals surface area contributed by atoms with Gasteiger partial charge >= 0.3 is 5.97 Å². The molecule has 1 fully saturated rings. The van der Waals surface area contributed by atoms with Crippen LogP contribution in [0, 0.1) is 18.6 Å². The van der Waals surface area contributed by atoms with E-state index in [0.29, 0.717) is 24.6 Å². The summed E-state index contributed by atoms with van der Waals surface area (Å²) in [7, 11) is 1.51. The number of piperidine rings is 1. The highest BCUT2D eigenvalue weighted by Gasteiger charge is 2.33. The summed E-state index contributed by atoms with van der Waals surface area (Å²) >= 11 is 1.07. The van der Waals surface area contributed by atoms with Gasteiger partial charge in [0.05, 0.1) is 23.7 Å². The van der Waals surface area contributed by atoms with Crippen LogP contribution < -0.4 is 10.2 Å². The van der Waals surface area contributed by atoms with E-state index >= 15 is 0 Å². The van der Waals surface area contributed by atoms with Crippen LogP contribution >= 0.6 is 11.3 Å². The molecular formula is C16H20F2N4O4S. The smallest absolute Gasteiger partial charge is 0.347 e. The van der Waals surface area contributed by atoms with Crippen molar-refractivity contribution >= 4 is 22.4 Å². The molecule has 3 heterocycles. The standard InChI is InChI=1S/C16H20F2N4O4S/c1-7-11(17)12(18)13(20-7)14(23)21-8-3-4-22(6-9(8)26-2)16-19-5-10(27-16)15(24)25/h5,8-9,14,20-21,23H,3-4,6H2,1-2H3,(H,24,25). The summed E-state index contributed by atoms with van der Waals surface area (Å²) in [4.78, 5) is 19.7. The summed E-state index contributed by atoms with van der Waals surface area (Å²) < 4.78 is 32.8. The van der Waals surface area contributed by atoms with Crippen LogP contribution in [0.2, 0.25) is 0 Å². The molecule has 0 spiro atoms. The number of aromatic carboxylic acids is 1. The number of carbonyl (C=O) groups is 1. The molecule has 2 aromatic heterocycles. The number of thiazole rings is 1. The van der Waals surface area contributed by atoms with Crippen LogP contribution in [0.4, 0.5) is 13.9 Å². The summed E-state index contributed by atoms with van der Waals surface area (Å²) in [6.45, 7) is 2.33. The number of aliphatic hydroxyl groups is 1. The first-order valence-electron chi connectivity index (χ1n) is 8.26. The predicted molar refractivity (Wildman–Crippen MR) is 94.0 cm³/mol. The van der Waals surface area contributed by atoms with Crippen LogP contribution in [-0.2, 0) is 4.74 Å². The lowest BCUT2D eigenvalue weighted by Crippen LogP contribution is -2.54. The number of ether oxygens (including phenoxy) is 1. The van der Waals surface area contributed by atoms with E-state index in [0.717, 1.165) is 11.3 Å². The minimum absolute atomic E-state index is 0.0134. The second-order valence-electron chi connectivity index (χ2n) is 6.29. The van der Waals surface area contributed by atoms with Gasteiger partial charge in [0.2, 0.25) is 0 Å². The molecule has 3 atom stereocenters. The van der Waals surface area contributed by atoms with Crippen LogP contribution in [0.1, 0.15) is 33.7 Å². The van der Waals surface area contributed by atoms with Gasteiger partial charge in [-0.3, -0.25) is 5.32 Å². The summed E-state index contributed by atoms with van der Waals surface area (Å²) in [6.07, 6.45) is 0.0558. The van der Waals surface area contributed by atoms with Crippen molar-refractivity contribution in [2.45, 2.75) is 31.7 Å². The third kappa shape index (κ3) is 3.95. The van der Waals surface area contributed by atoms with Gasteiger partial charge in [0, 0.05) is 26.2 Å². The monoisotopic (exact) mass is 402 g/mol. The maximum absolute atomic E-state index is 13.9. The second kappa shape index (κ2) is 7.89. The van der Waals surface area contributed by atoms with Crippen molar-refractivity contribution in [3.8, 4) is 0 Å². The number of aromatic nitrogens is 2. The first kappa shape index (κ1) is 19.7. The zero-order chi connectivity index (χ0) is 19.7. The van der Waals surface area contributed by atoms with Crippen LogP contribution in [0.5, 0.6) is 0 Å². The maximum atomic E-state index is 13.9. The Morgan fingerprint density at radius 3 is 2.81 bits per heavy atom. The van der Waals surface area contributed by atoms with Crippen molar-refractivity contribution in [3.63, 3.8) is 0 Å². The van der Waals surface area contributed by atoms with Gasteiger partial charge < -0.3 is 24.8 Å². The molecule has 148 valence electrons. The van der Waals surface area contributed by atoms with Gasteiger partial charge in [-0.2, -0.15) is 0 Å². The molecule has 0 amide bonds. The Morgan fingerprint density at radius 2 is 2.26 bits per heavy atom. The number of nitrogens with zero attached hydrogens (tertiary/aromatic N) is 2.